The van der Waals surface area contributed by atoms with Gasteiger partial charge >= 0.3 is 6.18 Å². The molecule has 0 heterocycles. The minimum atomic E-state index is -4.33. The second kappa shape index (κ2) is 5.88. The topological polar surface area (TPSA) is 21.7 Å². The molecule has 0 radical (unpaired) electrons. The Labute approximate surface area is 97.6 Å². The standard InChI is InChI=1S/C11H14F3NO2/c1-3-16-15(17-4-2)10-7-5-9(6-8-10)11(12,13)14/h5-8H,3-4H2,1-2H3. The van der Waals surface area contributed by atoms with Crippen LogP contribution in [0.15, 0.2) is 24.3 Å². The highest BCUT2D eigenvalue weighted by atomic mass is 19.4. The van der Waals surface area contributed by atoms with Gasteiger partial charge < -0.3 is 0 Å². The van der Waals surface area contributed by atoms with Gasteiger partial charge in [-0.15, -0.1) is 5.23 Å². The van der Waals surface area contributed by atoms with Crippen LogP contribution in [0, 0.1) is 0 Å². The van der Waals surface area contributed by atoms with Gasteiger partial charge in [-0.05, 0) is 38.1 Å². The Balaban J connectivity index is 2.84. The van der Waals surface area contributed by atoms with Crippen LogP contribution in [0.2, 0.25) is 0 Å². The van der Waals surface area contributed by atoms with Crippen LogP contribution in [0.4, 0.5) is 18.9 Å². The van der Waals surface area contributed by atoms with Crippen molar-refractivity contribution in [2.24, 2.45) is 0 Å². The van der Waals surface area contributed by atoms with Crippen molar-refractivity contribution < 1.29 is 22.8 Å². The fourth-order valence-corrected chi connectivity index (χ4v) is 1.19. The number of benzene rings is 1. The highest BCUT2D eigenvalue weighted by Gasteiger charge is 2.30. The summed E-state index contributed by atoms with van der Waals surface area (Å²) in [5.74, 6) is 0. The van der Waals surface area contributed by atoms with E-state index in [4.69, 9.17) is 9.68 Å². The van der Waals surface area contributed by atoms with E-state index in [1.165, 1.54) is 12.1 Å². The molecule has 0 fully saturated rings. The van der Waals surface area contributed by atoms with Gasteiger partial charge in [0.05, 0.1) is 24.5 Å². The lowest BCUT2D eigenvalue weighted by Gasteiger charge is -2.21. The van der Waals surface area contributed by atoms with Crippen LogP contribution in [0.5, 0.6) is 0 Å². The SMILES string of the molecule is CCON(OCC)c1ccc(C(F)(F)F)cc1. The van der Waals surface area contributed by atoms with Crippen molar-refractivity contribution in [1.29, 1.82) is 0 Å². The summed E-state index contributed by atoms with van der Waals surface area (Å²) in [6, 6.07) is 4.57. The summed E-state index contributed by atoms with van der Waals surface area (Å²) < 4.78 is 37.0. The molecule has 96 valence electrons. The summed E-state index contributed by atoms with van der Waals surface area (Å²) in [6.07, 6.45) is -4.33. The summed E-state index contributed by atoms with van der Waals surface area (Å²) in [4.78, 5) is 10.2. The molecule has 0 aliphatic carbocycles. The van der Waals surface area contributed by atoms with E-state index < -0.39 is 11.7 Å². The Morgan fingerprint density at radius 1 is 1.00 bits per heavy atom. The molecule has 0 amide bonds. The molecule has 0 saturated heterocycles. The first-order valence-electron chi connectivity index (χ1n) is 5.22. The molecule has 17 heavy (non-hydrogen) atoms. The van der Waals surface area contributed by atoms with Gasteiger partial charge in [-0.2, -0.15) is 13.2 Å². The van der Waals surface area contributed by atoms with Crippen molar-refractivity contribution in [1.82, 2.24) is 0 Å². The molecule has 1 rings (SSSR count). The molecule has 0 aromatic heterocycles. The van der Waals surface area contributed by atoms with Crippen LogP contribution in [-0.2, 0) is 15.9 Å². The van der Waals surface area contributed by atoms with E-state index in [1.54, 1.807) is 13.8 Å². The second-order valence-corrected chi connectivity index (χ2v) is 3.14. The van der Waals surface area contributed by atoms with Crippen molar-refractivity contribution in [3.05, 3.63) is 29.8 Å². The molecule has 0 aliphatic rings. The van der Waals surface area contributed by atoms with Crippen molar-refractivity contribution in [3.8, 4) is 0 Å². The van der Waals surface area contributed by atoms with Crippen molar-refractivity contribution in [2.45, 2.75) is 20.0 Å². The Hall–Kier alpha value is -1.27. The molecule has 1 aromatic carbocycles. The van der Waals surface area contributed by atoms with Gasteiger partial charge in [-0.1, -0.05) is 0 Å². The van der Waals surface area contributed by atoms with Gasteiger partial charge in [-0.25, -0.2) is 9.68 Å². The summed E-state index contributed by atoms with van der Waals surface area (Å²) in [5.41, 5.74) is -0.282. The third-order valence-electron chi connectivity index (χ3n) is 1.90. The maximum Gasteiger partial charge on any atom is 0.416 e. The van der Waals surface area contributed by atoms with E-state index in [2.05, 4.69) is 0 Å². The summed E-state index contributed by atoms with van der Waals surface area (Å²) in [5, 5.41) is 1.11. The summed E-state index contributed by atoms with van der Waals surface area (Å²) in [6.45, 7) is 4.24. The average Bonchev–Trinajstić information content (AvgIpc) is 2.28. The Morgan fingerprint density at radius 3 is 1.82 bits per heavy atom. The number of halogens is 3. The summed E-state index contributed by atoms with van der Waals surface area (Å²) in [7, 11) is 0. The van der Waals surface area contributed by atoms with Crippen LogP contribution in [0.25, 0.3) is 0 Å². The Kier molecular flexibility index (Phi) is 4.77. The smallest absolute Gasteiger partial charge is 0.249 e. The predicted molar refractivity (Wildman–Crippen MR) is 57.2 cm³/mol. The largest absolute Gasteiger partial charge is 0.416 e. The molecule has 0 atom stereocenters. The zero-order valence-electron chi connectivity index (χ0n) is 9.62. The number of nitrogens with zero attached hydrogens (tertiary/aromatic N) is 1. The van der Waals surface area contributed by atoms with Crippen LogP contribution in [0.1, 0.15) is 19.4 Å². The van der Waals surface area contributed by atoms with Crippen molar-refractivity contribution >= 4 is 5.69 Å². The van der Waals surface area contributed by atoms with Crippen LogP contribution in [0.3, 0.4) is 0 Å². The molecule has 0 bridgehead atoms. The number of hydrogen-bond donors (Lipinski definition) is 0. The van der Waals surface area contributed by atoms with Gasteiger partial charge in [0.2, 0.25) is 0 Å². The van der Waals surface area contributed by atoms with E-state index >= 15 is 0 Å². The molecular weight excluding hydrogens is 235 g/mol. The molecule has 0 N–H and O–H groups in total. The lowest BCUT2D eigenvalue weighted by Crippen LogP contribution is -2.24. The van der Waals surface area contributed by atoms with E-state index in [-0.39, 0.29) is 0 Å². The normalized spacial score (nSPS) is 11.6. The van der Waals surface area contributed by atoms with Crippen molar-refractivity contribution in [2.75, 3.05) is 18.4 Å². The monoisotopic (exact) mass is 249 g/mol. The van der Waals surface area contributed by atoms with Gasteiger partial charge in [0.1, 0.15) is 0 Å². The van der Waals surface area contributed by atoms with E-state index in [0.717, 1.165) is 17.4 Å². The maximum atomic E-state index is 12.3. The Bertz CT molecular complexity index is 332. The lowest BCUT2D eigenvalue weighted by atomic mass is 10.2. The van der Waals surface area contributed by atoms with Crippen LogP contribution >= 0.6 is 0 Å². The molecule has 0 aliphatic heterocycles. The first-order valence-corrected chi connectivity index (χ1v) is 5.22. The van der Waals surface area contributed by atoms with Crippen LogP contribution in [-0.4, -0.2) is 13.2 Å². The number of anilines is 1. The van der Waals surface area contributed by atoms with Gasteiger partial charge in [0.25, 0.3) is 0 Å². The number of rotatable bonds is 5. The molecule has 3 nitrogen and oxygen atoms in total. The quantitative estimate of drug-likeness (QED) is 0.746. The van der Waals surface area contributed by atoms with Gasteiger partial charge in [0, 0.05) is 0 Å². The van der Waals surface area contributed by atoms with E-state index in [0.29, 0.717) is 18.9 Å². The first-order chi connectivity index (χ1) is 7.99. The van der Waals surface area contributed by atoms with Gasteiger partial charge in [0.15, 0.2) is 0 Å². The molecule has 1 aromatic rings. The summed E-state index contributed by atoms with van der Waals surface area (Å²) >= 11 is 0. The molecule has 0 unspecified atom stereocenters. The van der Waals surface area contributed by atoms with E-state index in [9.17, 15) is 13.2 Å². The Morgan fingerprint density at radius 2 is 1.47 bits per heavy atom. The predicted octanol–water partition coefficient (Wildman–Crippen LogP) is 3.41. The number of alkyl halides is 3. The van der Waals surface area contributed by atoms with E-state index in [1.807, 2.05) is 0 Å². The first kappa shape index (κ1) is 13.8. The lowest BCUT2D eigenvalue weighted by molar-refractivity contribution is -0.137. The minimum absolute atomic E-state index is 0.362. The second-order valence-electron chi connectivity index (χ2n) is 3.14. The zero-order chi connectivity index (χ0) is 12.9. The van der Waals surface area contributed by atoms with Crippen LogP contribution < -0.4 is 5.23 Å². The minimum Gasteiger partial charge on any atom is -0.249 e. The third kappa shape index (κ3) is 3.90. The molecule has 6 heteroatoms. The molecular formula is C11H14F3NO2. The fourth-order valence-electron chi connectivity index (χ4n) is 1.19. The third-order valence-corrected chi connectivity index (χ3v) is 1.90. The highest BCUT2D eigenvalue weighted by Crippen LogP contribution is 2.30. The van der Waals surface area contributed by atoms with Crippen molar-refractivity contribution in [3.63, 3.8) is 0 Å². The average molecular weight is 249 g/mol. The highest BCUT2D eigenvalue weighted by molar-refractivity contribution is 5.43. The molecule has 0 spiro atoms. The molecule has 0 saturated carbocycles. The fraction of sp³-hybridized carbons (Fsp3) is 0.455. The number of hydrogen-bond acceptors (Lipinski definition) is 3. The maximum absolute atomic E-state index is 12.3. The van der Waals surface area contributed by atoms with Gasteiger partial charge in [-0.3, -0.25) is 0 Å². The zero-order valence-corrected chi connectivity index (χ0v) is 9.62.